The number of benzene rings is 3. The van der Waals surface area contributed by atoms with Gasteiger partial charge in [0.05, 0.1) is 5.24 Å². The lowest BCUT2D eigenvalue weighted by Crippen LogP contribution is -2.13. The maximum Gasteiger partial charge on any atom is 0.0616 e. The van der Waals surface area contributed by atoms with Gasteiger partial charge in [-0.2, -0.15) is 0 Å². The van der Waals surface area contributed by atoms with Crippen LogP contribution in [0, 0.1) is 0 Å². The average Bonchev–Trinajstić information content (AvgIpc) is 2.54. The Morgan fingerprint density at radius 3 is 2.20 bits per heavy atom. The van der Waals surface area contributed by atoms with Crippen LogP contribution in [-0.2, 0) is 11.8 Å². The van der Waals surface area contributed by atoms with Crippen molar-refractivity contribution in [1.82, 2.24) is 0 Å². The van der Waals surface area contributed by atoms with Gasteiger partial charge in [-0.05, 0) is 22.3 Å². The molecule has 1 atom stereocenters. The Balaban J connectivity index is 2.30. The summed E-state index contributed by atoms with van der Waals surface area (Å²) in [4.78, 5) is 0. The van der Waals surface area contributed by atoms with Crippen LogP contribution in [0.5, 0.6) is 0 Å². The molecule has 3 aromatic rings. The summed E-state index contributed by atoms with van der Waals surface area (Å²) in [6.45, 7) is 0. The predicted molar refractivity (Wildman–Crippen MR) is 97.5 cm³/mol. The summed E-state index contributed by atoms with van der Waals surface area (Å²) < 4.78 is 0. The van der Waals surface area contributed by atoms with Crippen molar-refractivity contribution in [3.8, 4) is 0 Å². The highest BCUT2D eigenvalue weighted by Gasteiger charge is 2.22. The molecule has 0 aliphatic heterocycles. The van der Waals surface area contributed by atoms with Crippen molar-refractivity contribution >= 4 is 49.8 Å². The van der Waals surface area contributed by atoms with Gasteiger partial charge in [-0.15, -0.1) is 11.4 Å². The first-order valence-electron chi connectivity index (χ1n) is 6.45. The molecule has 3 rings (SSSR count). The van der Waals surface area contributed by atoms with Gasteiger partial charge in [-0.25, -0.2) is 0 Å². The van der Waals surface area contributed by atoms with Crippen LogP contribution in [0.15, 0.2) is 72.8 Å². The molecule has 0 bridgehead atoms. The minimum absolute atomic E-state index is 1.27. The molecule has 0 amide bonds. The molecule has 0 fully saturated rings. The summed E-state index contributed by atoms with van der Waals surface area (Å²) in [5.74, 6) is 0. The van der Waals surface area contributed by atoms with Crippen molar-refractivity contribution in [2.24, 2.45) is 0 Å². The van der Waals surface area contributed by atoms with E-state index in [1.807, 2.05) is 17.4 Å². The largest absolute Gasteiger partial charge is 0.119 e. The maximum absolute atomic E-state index is 6.14. The Morgan fingerprint density at radius 2 is 1.45 bits per heavy atom. The molecule has 0 aliphatic rings. The van der Waals surface area contributed by atoms with E-state index in [1.165, 1.54) is 21.4 Å². The number of hydrogen-bond acceptors (Lipinski definition) is 2. The smallest absolute Gasteiger partial charge is 0.0616 e. The SMILES string of the molecule is CSP(=S)(c1ccccc1)c1cccc2ccccc12. The van der Waals surface area contributed by atoms with Crippen LogP contribution in [0.1, 0.15) is 0 Å². The monoisotopic (exact) mass is 314 g/mol. The van der Waals surface area contributed by atoms with Gasteiger partial charge in [0.25, 0.3) is 0 Å². The fraction of sp³-hybridized carbons (Fsp3) is 0.0588. The summed E-state index contributed by atoms with van der Waals surface area (Å²) in [6.07, 6.45) is 2.13. The number of fused-ring (bicyclic) bond motifs is 1. The van der Waals surface area contributed by atoms with E-state index in [0.29, 0.717) is 0 Å². The highest BCUT2D eigenvalue weighted by atomic mass is 32.9. The standard InChI is InChI=1S/C17H15PS2/c1-20-18(19,15-10-3-2-4-11-15)17-13-7-9-14-8-5-6-12-16(14)17/h2-13H,1H3. The molecule has 0 heterocycles. The third-order valence-electron chi connectivity index (χ3n) is 3.44. The lowest BCUT2D eigenvalue weighted by atomic mass is 10.1. The Labute approximate surface area is 129 Å². The van der Waals surface area contributed by atoms with Gasteiger partial charge in [0.15, 0.2) is 0 Å². The van der Waals surface area contributed by atoms with E-state index < -0.39 is 5.24 Å². The molecule has 0 aliphatic carbocycles. The molecule has 20 heavy (non-hydrogen) atoms. The van der Waals surface area contributed by atoms with Crippen LogP contribution < -0.4 is 10.6 Å². The lowest BCUT2D eigenvalue weighted by Gasteiger charge is -2.22. The van der Waals surface area contributed by atoms with E-state index in [-0.39, 0.29) is 0 Å². The minimum atomic E-state index is -1.80. The van der Waals surface area contributed by atoms with Gasteiger partial charge in [0.1, 0.15) is 0 Å². The lowest BCUT2D eigenvalue weighted by molar-refractivity contribution is 1.77. The molecule has 0 saturated carbocycles. The molecule has 0 saturated heterocycles. The first kappa shape index (κ1) is 13.9. The van der Waals surface area contributed by atoms with Gasteiger partial charge >= 0.3 is 0 Å². The molecule has 3 aromatic carbocycles. The second-order valence-corrected chi connectivity index (χ2v) is 12.1. The van der Waals surface area contributed by atoms with Crippen molar-refractivity contribution in [3.63, 3.8) is 0 Å². The summed E-state index contributed by atoms with van der Waals surface area (Å²) >= 11 is 7.96. The second kappa shape index (κ2) is 5.73. The normalized spacial score (nSPS) is 14.1. The third kappa shape index (κ3) is 2.33. The molecule has 0 N–H and O–H groups in total. The van der Waals surface area contributed by atoms with Gasteiger partial charge in [0.2, 0.25) is 0 Å². The minimum Gasteiger partial charge on any atom is -0.119 e. The summed E-state index contributed by atoms with van der Waals surface area (Å²) in [6, 6.07) is 25.5. The Bertz CT molecular complexity index is 776. The van der Waals surface area contributed by atoms with Crippen molar-refractivity contribution < 1.29 is 0 Å². The zero-order valence-corrected chi connectivity index (χ0v) is 13.7. The van der Waals surface area contributed by atoms with Gasteiger partial charge in [0, 0.05) is 5.30 Å². The number of hydrogen-bond donors (Lipinski definition) is 0. The third-order valence-corrected chi connectivity index (χ3v) is 11.3. The highest BCUT2D eigenvalue weighted by Crippen LogP contribution is 2.56. The zero-order chi connectivity index (χ0) is 14.0. The first-order chi connectivity index (χ1) is 9.75. The van der Waals surface area contributed by atoms with Crippen LogP contribution >= 0.6 is 16.6 Å². The molecule has 0 spiro atoms. The average molecular weight is 314 g/mol. The van der Waals surface area contributed by atoms with E-state index in [0.717, 1.165) is 0 Å². The maximum atomic E-state index is 6.14. The van der Waals surface area contributed by atoms with Gasteiger partial charge in [-0.3, -0.25) is 0 Å². The van der Waals surface area contributed by atoms with Gasteiger partial charge < -0.3 is 0 Å². The number of rotatable bonds is 3. The molecule has 3 heteroatoms. The molecule has 0 nitrogen and oxygen atoms in total. The van der Waals surface area contributed by atoms with Crippen LogP contribution in [0.3, 0.4) is 0 Å². The van der Waals surface area contributed by atoms with Gasteiger partial charge in [-0.1, -0.05) is 84.6 Å². The van der Waals surface area contributed by atoms with E-state index >= 15 is 0 Å². The topological polar surface area (TPSA) is 0 Å². The molecular formula is C17H15PS2. The Kier molecular flexibility index (Phi) is 3.98. The predicted octanol–water partition coefficient (Wildman–Crippen LogP) is 4.55. The van der Waals surface area contributed by atoms with Crippen molar-refractivity contribution in [2.75, 3.05) is 6.26 Å². The fourth-order valence-electron chi connectivity index (χ4n) is 2.43. The first-order valence-corrected chi connectivity index (χ1v) is 11.1. The summed E-state index contributed by atoms with van der Waals surface area (Å²) in [7, 11) is 0. The van der Waals surface area contributed by atoms with Crippen LogP contribution in [0.25, 0.3) is 10.8 Å². The Morgan fingerprint density at radius 1 is 0.800 bits per heavy atom. The zero-order valence-electron chi connectivity index (χ0n) is 11.2. The van der Waals surface area contributed by atoms with Crippen LogP contribution in [0.2, 0.25) is 0 Å². The molecule has 1 unspecified atom stereocenters. The fourth-order valence-corrected chi connectivity index (χ4v) is 7.39. The second-order valence-electron chi connectivity index (χ2n) is 4.57. The van der Waals surface area contributed by atoms with E-state index in [1.54, 1.807) is 0 Å². The van der Waals surface area contributed by atoms with Crippen molar-refractivity contribution in [2.45, 2.75) is 0 Å². The van der Waals surface area contributed by atoms with E-state index in [9.17, 15) is 0 Å². The summed E-state index contributed by atoms with van der Waals surface area (Å²) in [5, 5.41) is 3.34. The molecule has 0 radical (unpaired) electrons. The van der Waals surface area contributed by atoms with E-state index in [4.69, 9.17) is 11.8 Å². The molecule has 100 valence electrons. The molecular weight excluding hydrogens is 299 g/mol. The van der Waals surface area contributed by atoms with Crippen LogP contribution in [0.4, 0.5) is 0 Å². The Hall–Kier alpha value is -1.08. The quantitative estimate of drug-likeness (QED) is 0.651. The summed E-state index contributed by atoms with van der Waals surface area (Å²) in [5.41, 5.74) is 0. The molecule has 0 aromatic heterocycles. The van der Waals surface area contributed by atoms with Crippen LogP contribution in [-0.4, -0.2) is 6.26 Å². The van der Waals surface area contributed by atoms with E-state index in [2.05, 4.69) is 73.0 Å². The van der Waals surface area contributed by atoms with Crippen molar-refractivity contribution in [1.29, 1.82) is 0 Å². The van der Waals surface area contributed by atoms with Crippen molar-refractivity contribution in [3.05, 3.63) is 72.8 Å². The highest BCUT2D eigenvalue weighted by molar-refractivity contribution is 8.75.